The highest BCUT2D eigenvalue weighted by atomic mass is 32.1. The van der Waals surface area contributed by atoms with Crippen LogP contribution in [0.25, 0.3) is 0 Å². The highest BCUT2D eigenvalue weighted by molar-refractivity contribution is 7.09. The van der Waals surface area contributed by atoms with E-state index in [9.17, 15) is 18.0 Å². The van der Waals surface area contributed by atoms with Gasteiger partial charge >= 0.3 is 12.1 Å². The van der Waals surface area contributed by atoms with Crippen LogP contribution in [0.3, 0.4) is 0 Å². The van der Waals surface area contributed by atoms with Crippen LogP contribution in [0.15, 0.2) is 30.0 Å². The van der Waals surface area contributed by atoms with Crippen molar-refractivity contribution in [2.24, 2.45) is 0 Å². The number of thiophene rings is 1. The zero-order valence-corrected chi connectivity index (χ0v) is 15.3. The second kappa shape index (κ2) is 9.00. The fourth-order valence-electron chi connectivity index (χ4n) is 2.55. The molecule has 148 valence electrons. The SMILES string of the molecule is CN1Cc2cncn2C(C(=O)NCCc2cccs2)C1.O=C(O)C(F)(F)F. The van der Waals surface area contributed by atoms with Gasteiger partial charge in [0.25, 0.3) is 0 Å². The smallest absolute Gasteiger partial charge is 0.475 e. The van der Waals surface area contributed by atoms with Gasteiger partial charge in [0.2, 0.25) is 5.91 Å². The molecule has 11 heteroatoms. The van der Waals surface area contributed by atoms with E-state index < -0.39 is 12.1 Å². The number of carboxylic acid groups (broad SMARTS) is 1. The Balaban J connectivity index is 0.000000321. The van der Waals surface area contributed by atoms with Gasteiger partial charge in [-0.1, -0.05) is 6.07 Å². The number of likely N-dealkylation sites (N-methyl/N-ethyl adjacent to an activating group) is 1. The molecule has 2 aromatic rings. The zero-order valence-electron chi connectivity index (χ0n) is 14.4. The lowest BCUT2D eigenvalue weighted by Crippen LogP contribution is -2.43. The zero-order chi connectivity index (χ0) is 20.0. The van der Waals surface area contributed by atoms with Gasteiger partial charge in [0, 0.05) is 30.7 Å². The maximum absolute atomic E-state index is 12.3. The Morgan fingerprint density at radius 3 is 2.74 bits per heavy atom. The van der Waals surface area contributed by atoms with Crippen molar-refractivity contribution in [1.29, 1.82) is 0 Å². The number of imidazole rings is 1. The molecule has 27 heavy (non-hydrogen) atoms. The van der Waals surface area contributed by atoms with Crippen LogP contribution in [0.5, 0.6) is 0 Å². The summed E-state index contributed by atoms with van der Waals surface area (Å²) < 4.78 is 33.7. The van der Waals surface area contributed by atoms with E-state index in [0.717, 1.165) is 25.2 Å². The molecule has 2 aromatic heterocycles. The van der Waals surface area contributed by atoms with E-state index in [2.05, 4.69) is 26.6 Å². The van der Waals surface area contributed by atoms with Gasteiger partial charge in [0.15, 0.2) is 0 Å². The molecule has 0 bridgehead atoms. The lowest BCUT2D eigenvalue weighted by molar-refractivity contribution is -0.192. The minimum atomic E-state index is -5.08. The van der Waals surface area contributed by atoms with Gasteiger partial charge in [0.05, 0.1) is 12.0 Å². The number of hydrogen-bond acceptors (Lipinski definition) is 5. The molecule has 0 spiro atoms. The van der Waals surface area contributed by atoms with Gasteiger partial charge in [-0.25, -0.2) is 9.78 Å². The van der Waals surface area contributed by atoms with E-state index in [1.54, 1.807) is 17.7 Å². The number of fused-ring (bicyclic) bond motifs is 1. The van der Waals surface area contributed by atoms with Crippen LogP contribution in [-0.4, -0.2) is 57.7 Å². The van der Waals surface area contributed by atoms with E-state index >= 15 is 0 Å². The Labute approximate surface area is 157 Å². The first kappa shape index (κ1) is 20.9. The molecule has 7 nitrogen and oxygen atoms in total. The summed E-state index contributed by atoms with van der Waals surface area (Å²) in [7, 11) is 2.03. The summed E-state index contributed by atoms with van der Waals surface area (Å²) >= 11 is 1.73. The van der Waals surface area contributed by atoms with Crippen molar-refractivity contribution in [3.63, 3.8) is 0 Å². The molecule has 0 fully saturated rings. The van der Waals surface area contributed by atoms with Crippen molar-refractivity contribution in [2.75, 3.05) is 20.1 Å². The van der Waals surface area contributed by atoms with Crippen molar-refractivity contribution in [3.8, 4) is 0 Å². The number of nitrogens with zero attached hydrogens (tertiary/aromatic N) is 3. The molecule has 0 saturated carbocycles. The molecule has 2 N–H and O–H groups in total. The second-order valence-electron chi connectivity index (χ2n) is 5.93. The highest BCUT2D eigenvalue weighted by Gasteiger charge is 2.38. The number of carboxylic acids is 1. The summed E-state index contributed by atoms with van der Waals surface area (Å²) in [4.78, 5) is 28.8. The van der Waals surface area contributed by atoms with Gasteiger partial charge in [-0.2, -0.15) is 13.2 Å². The Hall–Kier alpha value is -2.40. The monoisotopic (exact) mass is 404 g/mol. The molecule has 0 saturated heterocycles. The number of aromatic nitrogens is 2. The lowest BCUT2D eigenvalue weighted by atomic mass is 10.2. The molecule has 1 aliphatic rings. The number of carbonyl (C=O) groups excluding carboxylic acids is 1. The van der Waals surface area contributed by atoms with Crippen molar-refractivity contribution >= 4 is 23.2 Å². The normalized spacial score (nSPS) is 16.8. The first-order valence-electron chi connectivity index (χ1n) is 7.98. The Bertz CT molecular complexity index is 761. The van der Waals surface area contributed by atoms with Crippen LogP contribution in [-0.2, 0) is 22.6 Å². The van der Waals surface area contributed by atoms with Gasteiger partial charge in [0.1, 0.15) is 6.04 Å². The summed E-state index contributed by atoms with van der Waals surface area (Å²) in [6.45, 7) is 2.26. The Morgan fingerprint density at radius 2 is 2.15 bits per heavy atom. The van der Waals surface area contributed by atoms with E-state index in [-0.39, 0.29) is 11.9 Å². The second-order valence-corrected chi connectivity index (χ2v) is 6.96. The third-order valence-corrected chi connectivity index (χ3v) is 4.73. The predicted octanol–water partition coefficient (Wildman–Crippen LogP) is 1.92. The van der Waals surface area contributed by atoms with E-state index in [4.69, 9.17) is 9.90 Å². The summed E-state index contributed by atoms with van der Waals surface area (Å²) in [6.07, 6.45) is -0.601. The molecule has 1 amide bonds. The van der Waals surface area contributed by atoms with Crippen LogP contribution < -0.4 is 5.32 Å². The van der Waals surface area contributed by atoms with Gasteiger partial charge in [-0.15, -0.1) is 11.3 Å². The fraction of sp³-hybridized carbons (Fsp3) is 0.438. The molecule has 1 aliphatic heterocycles. The summed E-state index contributed by atoms with van der Waals surface area (Å²) in [6, 6.07) is 3.96. The topological polar surface area (TPSA) is 87.5 Å². The minimum absolute atomic E-state index is 0.0763. The average Bonchev–Trinajstić information content (AvgIpc) is 3.24. The van der Waals surface area contributed by atoms with Crippen LogP contribution >= 0.6 is 11.3 Å². The largest absolute Gasteiger partial charge is 0.490 e. The molecule has 1 atom stereocenters. The Morgan fingerprint density at radius 1 is 1.44 bits per heavy atom. The number of alkyl halides is 3. The Kier molecular flexibility index (Phi) is 6.97. The fourth-order valence-corrected chi connectivity index (χ4v) is 3.26. The standard InChI is InChI=1S/C14H18N4OS.C2HF3O2/c1-17-8-11-7-15-10-18(11)13(9-17)14(19)16-5-4-12-3-2-6-20-12;3-2(4,5)1(6)7/h2-3,6-7,10,13H,4-5,8-9H2,1H3,(H,16,19);(H,6,7). The molecule has 1 unspecified atom stereocenters. The highest BCUT2D eigenvalue weighted by Crippen LogP contribution is 2.19. The maximum atomic E-state index is 12.3. The van der Waals surface area contributed by atoms with E-state index in [0.29, 0.717) is 6.54 Å². The average molecular weight is 404 g/mol. The number of carbonyl (C=O) groups is 2. The maximum Gasteiger partial charge on any atom is 0.490 e. The summed E-state index contributed by atoms with van der Waals surface area (Å²) in [5.41, 5.74) is 1.09. The summed E-state index contributed by atoms with van der Waals surface area (Å²) in [5, 5.41) is 12.2. The van der Waals surface area contributed by atoms with E-state index in [1.165, 1.54) is 4.88 Å². The summed E-state index contributed by atoms with van der Waals surface area (Å²) in [5.74, 6) is -2.68. The van der Waals surface area contributed by atoms with Crippen molar-refractivity contribution in [1.82, 2.24) is 19.8 Å². The number of rotatable bonds is 4. The quantitative estimate of drug-likeness (QED) is 0.813. The third kappa shape index (κ3) is 6.07. The number of aliphatic carboxylic acids is 1. The third-order valence-electron chi connectivity index (χ3n) is 3.79. The lowest BCUT2D eigenvalue weighted by Gasteiger charge is -2.31. The molecular weight excluding hydrogens is 385 g/mol. The van der Waals surface area contributed by atoms with Crippen molar-refractivity contribution in [3.05, 3.63) is 40.6 Å². The number of nitrogens with one attached hydrogen (secondary N) is 1. The molecular formula is C16H19F3N4O3S. The first-order valence-corrected chi connectivity index (χ1v) is 8.86. The van der Waals surface area contributed by atoms with Crippen LogP contribution in [0.4, 0.5) is 13.2 Å². The minimum Gasteiger partial charge on any atom is -0.475 e. The van der Waals surface area contributed by atoms with Crippen molar-refractivity contribution < 1.29 is 27.9 Å². The number of amides is 1. The first-order chi connectivity index (χ1) is 12.7. The molecule has 3 heterocycles. The number of hydrogen-bond donors (Lipinski definition) is 2. The molecule has 3 rings (SSSR count). The van der Waals surface area contributed by atoms with Gasteiger partial charge in [-0.3, -0.25) is 9.69 Å². The van der Waals surface area contributed by atoms with Crippen molar-refractivity contribution in [2.45, 2.75) is 25.2 Å². The van der Waals surface area contributed by atoms with Crippen LogP contribution in [0.2, 0.25) is 0 Å². The van der Waals surface area contributed by atoms with Crippen LogP contribution in [0.1, 0.15) is 16.6 Å². The van der Waals surface area contributed by atoms with E-state index in [1.807, 2.05) is 23.9 Å². The predicted molar refractivity (Wildman–Crippen MR) is 92.3 cm³/mol. The van der Waals surface area contributed by atoms with Crippen LogP contribution in [0, 0.1) is 0 Å². The molecule has 0 radical (unpaired) electrons. The number of halogens is 3. The molecule has 0 aliphatic carbocycles. The van der Waals surface area contributed by atoms with Gasteiger partial charge in [-0.05, 0) is 24.9 Å². The van der Waals surface area contributed by atoms with Gasteiger partial charge < -0.3 is 15.0 Å². The molecule has 0 aromatic carbocycles.